The van der Waals surface area contributed by atoms with Crippen molar-refractivity contribution in [3.63, 3.8) is 0 Å². The second-order valence-electron chi connectivity index (χ2n) is 6.81. The van der Waals surface area contributed by atoms with Gasteiger partial charge in [-0.15, -0.1) is 0 Å². The maximum Gasteiger partial charge on any atom is 0.203 e. The molecular weight excluding hydrogens is 366 g/mol. The summed E-state index contributed by atoms with van der Waals surface area (Å²) < 4.78 is 16.2. The van der Waals surface area contributed by atoms with Gasteiger partial charge in [-0.05, 0) is 37.1 Å². The first-order valence-electron chi connectivity index (χ1n) is 9.74. The van der Waals surface area contributed by atoms with Crippen LogP contribution in [0.4, 0.5) is 0 Å². The second kappa shape index (κ2) is 9.32. The number of unbranched alkanes of at least 4 members (excludes halogenated alkanes) is 1. The first-order chi connectivity index (χ1) is 14.1. The van der Waals surface area contributed by atoms with E-state index in [-0.39, 0.29) is 5.78 Å². The number of H-pyrrole nitrogens is 1. The van der Waals surface area contributed by atoms with Crippen molar-refractivity contribution in [1.82, 2.24) is 4.98 Å². The van der Waals surface area contributed by atoms with E-state index in [4.69, 9.17) is 14.2 Å². The minimum atomic E-state index is -0.0389. The van der Waals surface area contributed by atoms with Gasteiger partial charge in [0.05, 0.1) is 21.3 Å². The van der Waals surface area contributed by atoms with E-state index in [0.29, 0.717) is 29.2 Å². The average molecular weight is 393 g/mol. The Hall–Kier alpha value is -3.21. The van der Waals surface area contributed by atoms with Gasteiger partial charge in [-0.1, -0.05) is 31.5 Å². The SMILES string of the molecule is CCCCC(=Cc1c[nH]c2ccccc12)C(=O)c1cc(OC)c(OC)c(OC)c1. The summed E-state index contributed by atoms with van der Waals surface area (Å²) in [5.74, 6) is 1.37. The summed E-state index contributed by atoms with van der Waals surface area (Å²) in [6, 6.07) is 11.5. The number of hydrogen-bond acceptors (Lipinski definition) is 4. The van der Waals surface area contributed by atoms with Gasteiger partial charge in [0.15, 0.2) is 17.3 Å². The van der Waals surface area contributed by atoms with Crippen molar-refractivity contribution in [2.24, 2.45) is 0 Å². The summed E-state index contributed by atoms with van der Waals surface area (Å²) >= 11 is 0. The normalized spacial score (nSPS) is 11.5. The van der Waals surface area contributed by atoms with Crippen molar-refractivity contribution in [3.05, 3.63) is 59.3 Å². The molecule has 1 heterocycles. The molecular formula is C24H27NO4. The molecule has 0 bridgehead atoms. The second-order valence-corrected chi connectivity index (χ2v) is 6.81. The third kappa shape index (κ3) is 4.29. The average Bonchev–Trinajstić information content (AvgIpc) is 3.17. The highest BCUT2D eigenvalue weighted by Crippen LogP contribution is 2.39. The highest BCUT2D eigenvalue weighted by molar-refractivity contribution is 6.12. The maximum atomic E-state index is 13.4. The van der Waals surface area contributed by atoms with Crippen molar-refractivity contribution >= 4 is 22.8 Å². The molecule has 5 nitrogen and oxygen atoms in total. The largest absolute Gasteiger partial charge is 0.493 e. The first-order valence-corrected chi connectivity index (χ1v) is 9.74. The third-order valence-corrected chi connectivity index (χ3v) is 4.97. The van der Waals surface area contributed by atoms with Gasteiger partial charge >= 0.3 is 0 Å². The quantitative estimate of drug-likeness (QED) is 0.377. The van der Waals surface area contributed by atoms with Crippen LogP contribution >= 0.6 is 0 Å². The number of allylic oxidation sites excluding steroid dienone is 1. The molecule has 0 fully saturated rings. The van der Waals surface area contributed by atoms with Crippen molar-refractivity contribution < 1.29 is 19.0 Å². The van der Waals surface area contributed by atoms with Crippen LogP contribution in [0.5, 0.6) is 17.2 Å². The molecule has 152 valence electrons. The van der Waals surface area contributed by atoms with Crippen LogP contribution in [0.2, 0.25) is 0 Å². The third-order valence-electron chi connectivity index (χ3n) is 4.97. The minimum Gasteiger partial charge on any atom is -0.493 e. The molecule has 0 spiro atoms. The molecule has 0 aliphatic carbocycles. The number of Topliss-reactive ketones (excluding diaryl/α,β-unsaturated/α-hetero) is 1. The Morgan fingerprint density at radius 2 is 1.72 bits per heavy atom. The zero-order valence-corrected chi connectivity index (χ0v) is 17.4. The van der Waals surface area contributed by atoms with Crippen LogP contribution in [0, 0.1) is 0 Å². The Kier molecular flexibility index (Phi) is 6.60. The number of ether oxygens (including phenoxy) is 3. The minimum absolute atomic E-state index is 0.0389. The van der Waals surface area contributed by atoms with Crippen LogP contribution in [-0.2, 0) is 0 Å². The lowest BCUT2D eigenvalue weighted by Gasteiger charge is -2.14. The van der Waals surface area contributed by atoms with Gasteiger partial charge in [0, 0.05) is 33.8 Å². The lowest BCUT2D eigenvalue weighted by molar-refractivity contribution is 0.103. The summed E-state index contributed by atoms with van der Waals surface area (Å²) in [5.41, 5.74) is 3.33. The summed E-state index contributed by atoms with van der Waals surface area (Å²) in [7, 11) is 4.64. The molecule has 1 aromatic heterocycles. The molecule has 29 heavy (non-hydrogen) atoms. The molecule has 0 aliphatic heterocycles. The van der Waals surface area contributed by atoms with Crippen LogP contribution in [0.3, 0.4) is 0 Å². The molecule has 0 saturated heterocycles. The standard InChI is InChI=1S/C24H27NO4/c1-5-6-9-16(12-18-15-25-20-11-8-7-10-19(18)20)23(26)17-13-21(27-2)24(29-4)22(14-17)28-3/h7-8,10-15,25H,5-6,9H2,1-4H3. The fourth-order valence-electron chi connectivity index (χ4n) is 3.42. The molecule has 0 aliphatic rings. The number of benzene rings is 2. The number of hydrogen-bond donors (Lipinski definition) is 1. The molecule has 0 saturated carbocycles. The van der Waals surface area contributed by atoms with Crippen LogP contribution in [0.15, 0.2) is 48.2 Å². The van der Waals surface area contributed by atoms with Crippen molar-refractivity contribution in [1.29, 1.82) is 0 Å². The molecule has 0 atom stereocenters. The molecule has 3 rings (SSSR count). The number of aromatic nitrogens is 1. The molecule has 5 heteroatoms. The molecule has 0 amide bonds. The number of fused-ring (bicyclic) bond motifs is 1. The van der Waals surface area contributed by atoms with Crippen molar-refractivity contribution in [2.45, 2.75) is 26.2 Å². The summed E-state index contributed by atoms with van der Waals surface area (Å²) in [6.45, 7) is 2.12. The van der Waals surface area contributed by atoms with E-state index in [0.717, 1.165) is 34.9 Å². The van der Waals surface area contributed by atoms with E-state index in [2.05, 4.69) is 18.0 Å². The summed E-state index contributed by atoms with van der Waals surface area (Å²) in [4.78, 5) is 16.7. The number of ketones is 1. The van der Waals surface area contributed by atoms with E-state index in [1.165, 1.54) is 0 Å². The lowest BCUT2D eigenvalue weighted by atomic mass is 9.96. The fourth-order valence-corrected chi connectivity index (χ4v) is 3.42. The van der Waals surface area contributed by atoms with Crippen LogP contribution < -0.4 is 14.2 Å². The number of methoxy groups -OCH3 is 3. The van der Waals surface area contributed by atoms with Crippen LogP contribution in [0.1, 0.15) is 42.1 Å². The molecule has 3 aromatic rings. The highest BCUT2D eigenvalue weighted by atomic mass is 16.5. The van der Waals surface area contributed by atoms with E-state index >= 15 is 0 Å². The number of nitrogens with one attached hydrogen (secondary N) is 1. The predicted molar refractivity (Wildman–Crippen MR) is 116 cm³/mol. The van der Waals surface area contributed by atoms with Crippen molar-refractivity contribution in [3.8, 4) is 17.2 Å². The Labute approximate surface area is 171 Å². The van der Waals surface area contributed by atoms with Crippen LogP contribution in [0.25, 0.3) is 17.0 Å². The summed E-state index contributed by atoms with van der Waals surface area (Å²) in [6.07, 6.45) is 6.57. The monoisotopic (exact) mass is 393 g/mol. The van der Waals surface area contributed by atoms with Gasteiger partial charge in [0.1, 0.15) is 0 Å². The Morgan fingerprint density at radius 1 is 1.03 bits per heavy atom. The Bertz CT molecular complexity index is 1010. The van der Waals surface area contributed by atoms with E-state index in [1.54, 1.807) is 33.5 Å². The lowest BCUT2D eigenvalue weighted by Crippen LogP contribution is -2.06. The zero-order valence-electron chi connectivity index (χ0n) is 17.4. The van der Waals surface area contributed by atoms with Gasteiger partial charge in [-0.25, -0.2) is 0 Å². The number of aromatic amines is 1. The van der Waals surface area contributed by atoms with Crippen LogP contribution in [-0.4, -0.2) is 32.1 Å². The maximum absolute atomic E-state index is 13.4. The van der Waals surface area contributed by atoms with Gasteiger partial charge in [-0.2, -0.15) is 0 Å². The highest BCUT2D eigenvalue weighted by Gasteiger charge is 2.19. The molecule has 0 radical (unpaired) electrons. The van der Waals surface area contributed by atoms with E-state index in [1.807, 2.05) is 30.5 Å². The summed E-state index contributed by atoms with van der Waals surface area (Å²) in [5, 5.41) is 1.10. The molecule has 2 aromatic carbocycles. The van der Waals surface area contributed by atoms with Crippen molar-refractivity contribution in [2.75, 3.05) is 21.3 Å². The van der Waals surface area contributed by atoms with Gasteiger partial charge in [-0.3, -0.25) is 4.79 Å². The Morgan fingerprint density at radius 3 is 2.34 bits per heavy atom. The first kappa shape index (κ1) is 20.5. The Balaban J connectivity index is 2.06. The predicted octanol–water partition coefficient (Wildman–Crippen LogP) is 5.65. The zero-order chi connectivity index (χ0) is 20.8. The number of rotatable bonds is 9. The number of para-hydroxylation sites is 1. The number of carbonyl (C=O) groups is 1. The van der Waals surface area contributed by atoms with Gasteiger partial charge in [0.25, 0.3) is 0 Å². The van der Waals surface area contributed by atoms with Gasteiger partial charge in [0.2, 0.25) is 5.75 Å². The topological polar surface area (TPSA) is 60.6 Å². The molecule has 0 unspecified atom stereocenters. The van der Waals surface area contributed by atoms with E-state index < -0.39 is 0 Å². The van der Waals surface area contributed by atoms with E-state index in [9.17, 15) is 4.79 Å². The fraction of sp³-hybridized carbons (Fsp3) is 0.292. The smallest absolute Gasteiger partial charge is 0.203 e. The molecule has 1 N–H and O–H groups in total. The number of carbonyl (C=O) groups excluding carboxylic acids is 1. The van der Waals surface area contributed by atoms with Gasteiger partial charge < -0.3 is 19.2 Å².